The fourth-order valence-corrected chi connectivity index (χ4v) is 1.80. The minimum absolute atomic E-state index is 0.0633. The molecule has 18 heavy (non-hydrogen) atoms. The van der Waals surface area contributed by atoms with Crippen LogP contribution in [0.25, 0.3) is 0 Å². The molecule has 1 atom stereocenters. The van der Waals surface area contributed by atoms with Gasteiger partial charge in [0.2, 0.25) is 0 Å². The minimum atomic E-state index is -4.21. The summed E-state index contributed by atoms with van der Waals surface area (Å²) in [4.78, 5) is 0. The Balaban J connectivity index is 2.44. The van der Waals surface area contributed by atoms with E-state index in [9.17, 15) is 17.6 Å². The molecule has 0 aliphatic carbocycles. The topological polar surface area (TPSA) is 12.0 Å². The Morgan fingerprint density at radius 2 is 2.00 bits per heavy atom. The highest BCUT2D eigenvalue weighted by Gasteiger charge is 2.26. The van der Waals surface area contributed by atoms with Crippen LogP contribution in [0.3, 0.4) is 0 Å². The second-order valence-corrected chi connectivity index (χ2v) is 4.70. The van der Waals surface area contributed by atoms with Crippen LogP contribution < -0.4 is 5.32 Å². The van der Waals surface area contributed by atoms with Crippen LogP contribution in [-0.2, 0) is 6.42 Å². The molecule has 0 bridgehead atoms. The van der Waals surface area contributed by atoms with Crippen molar-refractivity contribution >= 4 is 11.6 Å². The van der Waals surface area contributed by atoms with Crippen molar-refractivity contribution in [1.29, 1.82) is 0 Å². The molecule has 0 aliphatic heterocycles. The van der Waals surface area contributed by atoms with Crippen LogP contribution in [0.4, 0.5) is 17.6 Å². The number of halogens is 5. The van der Waals surface area contributed by atoms with E-state index in [-0.39, 0.29) is 12.5 Å². The predicted molar refractivity (Wildman–Crippen MR) is 63.2 cm³/mol. The number of alkyl halides is 3. The normalized spacial score (nSPS) is 13.7. The van der Waals surface area contributed by atoms with Gasteiger partial charge in [-0.15, -0.1) is 0 Å². The highest BCUT2D eigenvalue weighted by molar-refractivity contribution is 6.31. The Kier molecular flexibility index (Phi) is 5.41. The van der Waals surface area contributed by atoms with E-state index in [0.717, 1.165) is 0 Å². The highest BCUT2D eigenvalue weighted by Crippen LogP contribution is 2.20. The summed E-state index contributed by atoms with van der Waals surface area (Å²) in [6.07, 6.45) is -3.78. The zero-order chi connectivity index (χ0) is 13.8. The summed E-state index contributed by atoms with van der Waals surface area (Å²) in [5, 5.41) is 2.75. The number of hydrogen-bond donors (Lipinski definition) is 1. The maximum Gasteiger partial charge on any atom is 0.401 e. The van der Waals surface area contributed by atoms with E-state index in [1.54, 1.807) is 6.92 Å². The zero-order valence-corrected chi connectivity index (χ0v) is 10.6. The van der Waals surface area contributed by atoms with Gasteiger partial charge in [-0.2, -0.15) is 13.2 Å². The Morgan fingerprint density at radius 1 is 1.33 bits per heavy atom. The Morgan fingerprint density at radius 3 is 2.61 bits per heavy atom. The Labute approximate surface area is 108 Å². The van der Waals surface area contributed by atoms with Crippen LogP contribution in [0.2, 0.25) is 5.02 Å². The van der Waals surface area contributed by atoms with Crippen molar-refractivity contribution in [2.24, 2.45) is 5.92 Å². The van der Waals surface area contributed by atoms with E-state index in [0.29, 0.717) is 17.0 Å². The first-order valence-corrected chi connectivity index (χ1v) is 5.87. The Hall–Kier alpha value is -0.810. The molecule has 1 rings (SSSR count). The van der Waals surface area contributed by atoms with Crippen LogP contribution in [0.1, 0.15) is 12.5 Å². The van der Waals surface area contributed by atoms with Gasteiger partial charge >= 0.3 is 6.18 Å². The lowest BCUT2D eigenvalue weighted by atomic mass is 10.0. The molecule has 0 aromatic heterocycles. The summed E-state index contributed by atoms with van der Waals surface area (Å²) in [5.41, 5.74) is 0.609. The second kappa shape index (κ2) is 6.38. The molecule has 102 valence electrons. The number of rotatable bonds is 5. The van der Waals surface area contributed by atoms with Gasteiger partial charge in [-0.1, -0.05) is 18.5 Å². The van der Waals surface area contributed by atoms with Gasteiger partial charge in [0.15, 0.2) is 0 Å². The van der Waals surface area contributed by atoms with E-state index in [2.05, 4.69) is 5.32 Å². The quantitative estimate of drug-likeness (QED) is 0.810. The van der Waals surface area contributed by atoms with E-state index in [1.807, 2.05) is 0 Å². The van der Waals surface area contributed by atoms with E-state index in [1.165, 1.54) is 18.2 Å². The fraction of sp³-hybridized carbons (Fsp3) is 0.500. The van der Waals surface area contributed by atoms with Gasteiger partial charge in [0.1, 0.15) is 5.82 Å². The summed E-state index contributed by atoms with van der Waals surface area (Å²) in [5.74, 6) is -0.462. The number of benzene rings is 1. The SMILES string of the molecule is CC(CNCC(F)(F)F)Cc1cc(F)ccc1Cl. The van der Waals surface area contributed by atoms with Gasteiger partial charge in [0, 0.05) is 5.02 Å². The van der Waals surface area contributed by atoms with Gasteiger partial charge in [-0.05, 0) is 42.6 Å². The van der Waals surface area contributed by atoms with E-state index >= 15 is 0 Å². The third kappa shape index (κ3) is 5.69. The average molecular weight is 284 g/mol. The first-order valence-electron chi connectivity index (χ1n) is 5.49. The molecule has 1 nitrogen and oxygen atoms in total. The minimum Gasteiger partial charge on any atom is -0.308 e. The average Bonchev–Trinajstić information content (AvgIpc) is 2.21. The van der Waals surface area contributed by atoms with Crippen molar-refractivity contribution in [2.75, 3.05) is 13.1 Å². The molecule has 0 saturated heterocycles. The monoisotopic (exact) mass is 283 g/mol. The van der Waals surface area contributed by atoms with Crippen LogP contribution >= 0.6 is 11.6 Å². The van der Waals surface area contributed by atoms with Crippen molar-refractivity contribution in [3.63, 3.8) is 0 Å². The fourth-order valence-electron chi connectivity index (χ4n) is 1.61. The summed E-state index contributed by atoms with van der Waals surface area (Å²) in [7, 11) is 0. The molecule has 0 spiro atoms. The van der Waals surface area contributed by atoms with Crippen molar-refractivity contribution < 1.29 is 17.6 Å². The summed E-state index contributed by atoms with van der Waals surface area (Å²) in [6, 6.07) is 4.00. The molecular weight excluding hydrogens is 270 g/mol. The van der Waals surface area contributed by atoms with Gasteiger partial charge in [-0.25, -0.2) is 4.39 Å². The lowest BCUT2D eigenvalue weighted by molar-refractivity contribution is -0.125. The van der Waals surface area contributed by atoms with Crippen molar-refractivity contribution in [2.45, 2.75) is 19.5 Å². The smallest absolute Gasteiger partial charge is 0.308 e. The number of hydrogen-bond acceptors (Lipinski definition) is 1. The molecule has 6 heteroatoms. The first kappa shape index (κ1) is 15.2. The third-order valence-electron chi connectivity index (χ3n) is 2.39. The van der Waals surface area contributed by atoms with Crippen LogP contribution in [0, 0.1) is 11.7 Å². The van der Waals surface area contributed by atoms with Crippen molar-refractivity contribution in [1.82, 2.24) is 5.32 Å². The maximum absolute atomic E-state index is 13.0. The van der Waals surface area contributed by atoms with Gasteiger partial charge in [-0.3, -0.25) is 0 Å². The molecule has 1 unspecified atom stereocenters. The van der Waals surface area contributed by atoms with Gasteiger partial charge in [0.05, 0.1) is 6.54 Å². The maximum atomic E-state index is 13.0. The summed E-state index contributed by atoms with van der Waals surface area (Å²) in [6.45, 7) is 0.963. The lowest BCUT2D eigenvalue weighted by Crippen LogP contribution is -2.32. The summed E-state index contributed by atoms with van der Waals surface area (Å²) < 4.78 is 48.7. The molecule has 1 N–H and O–H groups in total. The van der Waals surface area contributed by atoms with Crippen LogP contribution in [-0.4, -0.2) is 19.3 Å². The number of nitrogens with one attached hydrogen (secondary N) is 1. The molecule has 0 amide bonds. The molecular formula is C12H14ClF4N. The lowest BCUT2D eigenvalue weighted by Gasteiger charge is -2.14. The van der Waals surface area contributed by atoms with Crippen molar-refractivity contribution in [3.05, 3.63) is 34.6 Å². The summed E-state index contributed by atoms with van der Waals surface area (Å²) >= 11 is 5.88. The van der Waals surface area contributed by atoms with Gasteiger partial charge in [0.25, 0.3) is 0 Å². The molecule has 1 aromatic rings. The van der Waals surface area contributed by atoms with Crippen molar-refractivity contribution in [3.8, 4) is 0 Å². The molecule has 0 heterocycles. The molecule has 0 saturated carbocycles. The molecule has 1 aromatic carbocycles. The van der Waals surface area contributed by atoms with Gasteiger partial charge < -0.3 is 5.32 Å². The molecule has 0 radical (unpaired) electrons. The molecule has 0 fully saturated rings. The Bertz CT molecular complexity index is 392. The predicted octanol–water partition coefficient (Wildman–Crippen LogP) is 3.81. The highest BCUT2D eigenvalue weighted by atomic mass is 35.5. The second-order valence-electron chi connectivity index (χ2n) is 4.29. The molecule has 0 aliphatic rings. The van der Waals surface area contributed by atoms with E-state index in [4.69, 9.17) is 11.6 Å². The first-order chi connectivity index (χ1) is 8.28. The standard InChI is InChI=1S/C12H14ClF4N/c1-8(6-18-7-12(15,16)17)4-9-5-10(14)2-3-11(9)13/h2-3,5,8,18H,4,6-7H2,1H3. The largest absolute Gasteiger partial charge is 0.401 e. The van der Waals surface area contributed by atoms with Crippen LogP contribution in [0.15, 0.2) is 18.2 Å². The zero-order valence-electron chi connectivity index (χ0n) is 9.82. The third-order valence-corrected chi connectivity index (χ3v) is 2.76. The van der Waals surface area contributed by atoms with Crippen LogP contribution in [0.5, 0.6) is 0 Å². The van der Waals surface area contributed by atoms with E-state index < -0.39 is 18.5 Å².